The third-order valence-electron chi connectivity index (χ3n) is 6.59. The Bertz CT molecular complexity index is 505. The molecule has 4 aliphatic rings. The molecule has 3 nitrogen and oxygen atoms in total. The Hall–Kier alpha value is 0.1000. The van der Waals surface area contributed by atoms with Crippen molar-refractivity contribution in [1.82, 2.24) is 4.90 Å². The molecule has 4 rings (SSSR count). The van der Waals surface area contributed by atoms with E-state index in [2.05, 4.69) is 38.8 Å². The highest BCUT2D eigenvalue weighted by molar-refractivity contribution is 9.12. The molecule has 2 bridgehead atoms. The van der Waals surface area contributed by atoms with Crippen LogP contribution in [0.4, 0.5) is 0 Å². The van der Waals surface area contributed by atoms with Gasteiger partial charge in [-0.25, -0.2) is 0 Å². The number of hydrogen-bond acceptors (Lipinski definition) is 2. The lowest BCUT2D eigenvalue weighted by atomic mass is 9.69. The number of fused-ring (bicyclic) bond motifs is 5. The predicted molar refractivity (Wildman–Crippen MR) is 87.4 cm³/mol. The second-order valence-electron chi connectivity index (χ2n) is 7.46. The molecular weight excluding hydrogens is 398 g/mol. The third kappa shape index (κ3) is 1.71. The molecule has 116 valence electrons. The zero-order valence-corrected chi connectivity index (χ0v) is 15.4. The minimum Gasteiger partial charge on any atom is -0.279 e. The Morgan fingerprint density at radius 1 is 1.10 bits per heavy atom. The maximum Gasteiger partial charge on any atom is 0.236 e. The average Bonchev–Trinajstić information content (AvgIpc) is 3.01. The summed E-state index contributed by atoms with van der Waals surface area (Å²) in [6, 6.07) is 0.170. The maximum absolute atomic E-state index is 13.1. The van der Waals surface area contributed by atoms with Gasteiger partial charge in [-0.1, -0.05) is 51.1 Å². The van der Waals surface area contributed by atoms with Gasteiger partial charge in [-0.3, -0.25) is 14.5 Å². The predicted octanol–water partition coefficient (Wildman–Crippen LogP) is 3.49. The average molecular weight is 419 g/mol. The van der Waals surface area contributed by atoms with Crippen molar-refractivity contribution in [3.8, 4) is 0 Å². The van der Waals surface area contributed by atoms with E-state index in [-0.39, 0.29) is 23.8 Å². The molecule has 1 saturated heterocycles. The quantitative estimate of drug-likeness (QED) is 0.482. The number of halogens is 2. The van der Waals surface area contributed by atoms with E-state index < -0.39 is 5.41 Å². The Morgan fingerprint density at radius 3 is 2.43 bits per heavy atom. The SMILES string of the molecule is C[C@]12C(=O)N(C3CCCCC3)C(=O)[C@H]1[C@H]1C[C@H]2[C@H](Br)[C@@H]1Br. The summed E-state index contributed by atoms with van der Waals surface area (Å²) in [6.07, 6.45) is 6.56. The van der Waals surface area contributed by atoms with Crippen LogP contribution < -0.4 is 0 Å². The lowest BCUT2D eigenvalue weighted by Crippen LogP contribution is -2.46. The van der Waals surface area contributed by atoms with Gasteiger partial charge in [0, 0.05) is 15.7 Å². The molecule has 0 radical (unpaired) electrons. The van der Waals surface area contributed by atoms with Crippen molar-refractivity contribution in [2.24, 2.45) is 23.2 Å². The van der Waals surface area contributed by atoms with Crippen molar-refractivity contribution in [2.75, 3.05) is 0 Å². The van der Waals surface area contributed by atoms with Gasteiger partial charge in [-0.05, 0) is 38.0 Å². The van der Waals surface area contributed by atoms with Gasteiger partial charge in [0.25, 0.3) is 0 Å². The van der Waals surface area contributed by atoms with Crippen LogP contribution in [0.2, 0.25) is 0 Å². The van der Waals surface area contributed by atoms with Crippen molar-refractivity contribution in [3.05, 3.63) is 0 Å². The summed E-state index contributed by atoms with van der Waals surface area (Å²) in [5.74, 6) is 0.776. The molecule has 0 aromatic rings. The van der Waals surface area contributed by atoms with Gasteiger partial charge in [0.2, 0.25) is 11.8 Å². The van der Waals surface area contributed by atoms with Gasteiger partial charge in [-0.2, -0.15) is 0 Å². The maximum atomic E-state index is 13.1. The van der Waals surface area contributed by atoms with Gasteiger partial charge < -0.3 is 0 Å². The monoisotopic (exact) mass is 417 g/mol. The van der Waals surface area contributed by atoms with E-state index >= 15 is 0 Å². The van der Waals surface area contributed by atoms with Crippen molar-refractivity contribution in [1.29, 1.82) is 0 Å². The van der Waals surface area contributed by atoms with E-state index in [9.17, 15) is 9.59 Å². The minimum absolute atomic E-state index is 0.0879. The number of imide groups is 1. The van der Waals surface area contributed by atoms with Crippen LogP contribution in [0.25, 0.3) is 0 Å². The molecule has 3 saturated carbocycles. The van der Waals surface area contributed by atoms with E-state index in [0.717, 1.165) is 32.1 Å². The Morgan fingerprint density at radius 2 is 1.76 bits per heavy atom. The second-order valence-corrected chi connectivity index (χ2v) is 9.58. The summed E-state index contributed by atoms with van der Waals surface area (Å²) >= 11 is 7.52. The zero-order chi connectivity index (χ0) is 14.9. The normalized spacial score (nSPS) is 50.0. The van der Waals surface area contributed by atoms with Crippen LogP contribution >= 0.6 is 31.9 Å². The van der Waals surface area contributed by atoms with Crippen LogP contribution in [0.3, 0.4) is 0 Å². The Kier molecular flexibility index (Phi) is 3.35. The highest BCUT2D eigenvalue weighted by Crippen LogP contribution is 2.66. The summed E-state index contributed by atoms with van der Waals surface area (Å²) < 4.78 is 0. The molecule has 5 heteroatoms. The first kappa shape index (κ1) is 14.7. The van der Waals surface area contributed by atoms with E-state index in [4.69, 9.17) is 0 Å². The molecule has 0 N–H and O–H groups in total. The zero-order valence-electron chi connectivity index (χ0n) is 12.2. The fourth-order valence-corrected chi connectivity index (χ4v) is 7.55. The number of amides is 2. The van der Waals surface area contributed by atoms with E-state index in [1.54, 1.807) is 4.90 Å². The number of rotatable bonds is 1. The first-order valence-electron chi connectivity index (χ1n) is 8.13. The molecule has 1 aliphatic heterocycles. The van der Waals surface area contributed by atoms with Gasteiger partial charge in [0.1, 0.15) is 0 Å². The molecule has 0 unspecified atom stereocenters. The number of likely N-dealkylation sites (tertiary alicyclic amines) is 1. The number of alkyl halides is 2. The summed E-state index contributed by atoms with van der Waals surface area (Å²) in [6.45, 7) is 2.05. The first-order valence-corrected chi connectivity index (χ1v) is 9.96. The van der Waals surface area contributed by atoms with Crippen LogP contribution in [0.5, 0.6) is 0 Å². The minimum atomic E-state index is -0.461. The van der Waals surface area contributed by atoms with Crippen molar-refractivity contribution in [2.45, 2.75) is 61.1 Å². The first-order chi connectivity index (χ1) is 9.98. The topological polar surface area (TPSA) is 37.4 Å². The lowest BCUT2D eigenvalue weighted by Gasteiger charge is -2.37. The van der Waals surface area contributed by atoms with Crippen LogP contribution in [-0.4, -0.2) is 32.4 Å². The molecule has 2 amide bonds. The Labute approximate surface area is 142 Å². The van der Waals surface area contributed by atoms with Crippen molar-refractivity contribution in [3.63, 3.8) is 0 Å². The van der Waals surface area contributed by atoms with Crippen molar-refractivity contribution < 1.29 is 9.59 Å². The largest absolute Gasteiger partial charge is 0.279 e. The van der Waals surface area contributed by atoms with Crippen molar-refractivity contribution >= 4 is 43.7 Å². The molecule has 0 aromatic heterocycles. The van der Waals surface area contributed by atoms with E-state index in [1.165, 1.54) is 6.42 Å². The molecule has 3 aliphatic carbocycles. The molecule has 6 atom stereocenters. The summed E-state index contributed by atoms with van der Waals surface area (Å²) in [7, 11) is 0. The number of carbonyl (C=O) groups excluding carboxylic acids is 2. The standard InChI is InChI=1S/C16H21Br2NO2/c1-16-10-7-9(12(17)13(10)18)11(16)14(20)19(15(16)21)8-5-3-2-4-6-8/h8-13H,2-7H2,1H3/t9-,10+,11-,12-,13+,16-/m1/s1. The van der Waals surface area contributed by atoms with Gasteiger partial charge in [0.05, 0.1) is 11.3 Å². The lowest BCUT2D eigenvalue weighted by molar-refractivity contribution is -0.145. The van der Waals surface area contributed by atoms with Gasteiger partial charge in [-0.15, -0.1) is 0 Å². The van der Waals surface area contributed by atoms with Gasteiger partial charge >= 0.3 is 0 Å². The molecule has 0 spiro atoms. The number of nitrogens with zero attached hydrogens (tertiary/aromatic N) is 1. The fourth-order valence-electron chi connectivity index (χ4n) is 5.51. The summed E-state index contributed by atoms with van der Waals surface area (Å²) in [4.78, 5) is 28.5. The summed E-state index contributed by atoms with van der Waals surface area (Å²) in [5, 5.41) is 0. The highest BCUT2D eigenvalue weighted by Gasteiger charge is 2.73. The molecular formula is C16H21Br2NO2. The van der Waals surface area contributed by atoms with Crippen LogP contribution in [0.15, 0.2) is 0 Å². The van der Waals surface area contributed by atoms with Crippen LogP contribution in [0.1, 0.15) is 45.4 Å². The fraction of sp³-hybridized carbons (Fsp3) is 0.875. The Balaban J connectivity index is 1.70. The third-order valence-corrected chi connectivity index (χ3v) is 9.76. The molecule has 4 fully saturated rings. The summed E-state index contributed by atoms with van der Waals surface area (Å²) in [5.41, 5.74) is -0.461. The molecule has 1 heterocycles. The number of hydrogen-bond donors (Lipinski definition) is 0. The smallest absolute Gasteiger partial charge is 0.236 e. The van der Waals surface area contributed by atoms with Gasteiger partial charge in [0.15, 0.2) is 0 Å². The second kappa shape index (κ2) is 4.80. The molecule has 0 aromatic carbocycles. The molecule has 21 heavy (non-hydrogen) atoms. The van der Waals surface area contributed by atoms with E-state index in [1.807, 2.05) is 0 Å². The number of carbonyl (C=O) groups is 2. The van der Waals surface area contributed by atoms with Crippen LogP contribution in [-0.2, 0) is 9.59 Å². The van der Waals surface area contributed by atoms with Crippen LogP contribution in [0, 0.1) is 23.2 Å². The van der Waals surface area contributed by atoms with E-state index in [0.29, 0.717) is 21.5 Å². The highest BCUT2D eigenvalue weighted by atomic mass is 79.9.